The van der Waals surface area contributed by atoms with E-state index < -0.39 is 0 Å². The van der Waals surface area contributed by atoms with Crippen LogP contribution < -0.4 is 5.73 Å². The van der Waals surface area contributed by atoms with Gasteiger partial charge in [-0.25, -0.2) is 19.9 Å². The van der Waals surface area contributed by atoms with Crippen molar-refractivity contribution in [3.05, 3.63) is 196 Å². The first kappa shape index (κ1) is 53.0. The van der Waals surface area contributed by atoms with Gasteiger partial charge in [-0.3, -0.25) is 9.13 Å². The van der Waals surface area contributed by atoms with Crippen LogP contribution >= 0.6 is 0 Å². The van der Waals surface area contributed by atoms with Crippen molar-refractivity contribution in [3.63, 3.8) is 0 Å². The van der Waals surface area contributed by atoms with Gasteiger partial charge >= 0.3 is 0 Å². The lowest BCUT2D eigenvalue weighted by atomic mass is 9.95. The van der Waals surface area contributed by atoms with Crippen LogP contribution in [0, 0.1) is 41.5 Å². The summed E-state index contributed by atoms with van der Waals surface area (Å²) < 4.78 is 6.66. The molecule has 9 heteroatoms. The quantitative estimate of drug-likeness (QED) is 0.103. The maximum Gasteiger partial charge on any atom is 0.235 e. The van der Waals surface area contributed by atoms with Gasteiger partial charge in [0.05, 0.1) is 66.7 Å². The summed E-state index contributed by atoms with van der Waals surface area (Å²) in [6.07, 6.45) is 3.19. The summed E-state index contributed by atoms with van der Waals surface area (Å²) in [7, 11) is 0. The minimum Gasteiger partial charge on any atom is -0.369 e. The van der Waals surface area contributed by atoms with E-state index in [1.54, 1.807) is 0 Å². The molecule has 3 atom stereocenters. The molecule has 0 bridgehead atoms. The minimum atomic E-state index is 0.230. The smallest absolute Gasteiger partial charge is 0.235 e. The second-order valence-electron chi connectivity index (χ2n) is 23.0. The summed E-state index contributed by atoms with van der Waals surface area (Å²) >= 11 is 0. The van der Waals surface area contributed by atoms with Crippen molar-refractivity contribution < 1.29 is 0 Å². The Morgan fingerprint density at radius 3 is 1.21 bits per heavy atom. The number of aliphatic imine (C=N–C) groups is 2. The Morgan fingerprint density at radius 2 is 0.778 bits per heavy atom. The van der Waals surface area contributed by atoms with Gasteiger partial charge in [-0.05, 0) is 165 Å². The highest BCUT2D eigenvalue weighted by molar-refractivity contribution is 6.19. The molecule has 2 N–H and O–H groups in total. The Labute approximate surface area is 476 Å². The molecule has 0 saturated carbocycles. The van der Waals surface area contributed by atoms with Crippen LogP contribution in [-0.4, -0.2) is 40.6 Å². The predicted molar refractivity (Wildman–Crippen MR) is 342 cm³/mol. The van der Waals surface area contributed by atoms with Gasteiger partial charge in [0.2, 0.25) is 11.9 Å². The van der Waals surface area contributed by atoms with Gasteiger partial charge in [-0.2, -0.15) is 4.99 Å². The number of para-hydroxylation sites is 3. The van der Waals surface area contributed by atoms with Gasteiger partial charge in [0, 0.05) is 32.8 Å². The SMILES string of the molecule is CCC(C)c1cccc(-c2cc(C)c3c(n2)c2cccc(C)c2n3CN=C(N=C(N)n2c3c(C)cccc3c3nc(-c4cccc(C(C)CC)c4)cc(C)c32)n2c3c(C)cccc3c3nc(-c4cccc(C(C)CC)c4)cc(C)c32)c1. The second-order valence-corrected chi connectivity index (χ2v) is 23.0. The van der Waals surface area contributed by atoms with Gasteiger partial charge in [0.25, 0.3) is 0 Å². The molecule has 0 spiro atoms. The van der Waals surface area contributed by atoms with E-state index in [1.165, 1.54) is 16.7 Å². The molecular formula is C72H73N9. The minimum absolute atomic E-state index is 0.230. The molecule has 0 aliphatic heterocycles. The van der Waals surface area contributed by atoms with Crippen LogP contribution in [0.2, 0.25) is 0 Å². The number of hydrogen-bond acceptors (Lipinski definition) is 4. The number of aryl methyl sites for hydroxylation is 6. The lowest BCUT2D eigenvalue weighted by molar-refractivity contribution is 0.734. The average Bonchev–Trinajstić information content (AvgIpc) is 4.26. The van der Waals surface area contributed by atoms with Crippen LogP contribution in [0.25, 0.3) is 99.6 Å². The first-order chi connectivity index (χ1) is 39.2. The van der Waals surface area contributed by atoms with E-state index >= 15 is 0 Å². The Morgan fingerprint density at radius 1 is 0.420 bits per heavy atom. The fourth-order valence-electron chi connectivity index (χ4n) is 12.5. The summed E-state index contributed by atoms with van der Waals surface area (Å²) in [5, 5.41) is 3.11. The van der Waals surface area contributed by atoms with Crippen molar-refractivity contribution in [2.75, 3.05) is 0 Å². The Hall–Kier alpha value is -8.69. The second kappa shape index (κ2) is 21.1. The zero-order valence-electron chi connectivity index (χ0n) is 49.1. The van der Waals surface area contributed by atoms with E-state index in [2.05, 4.69) is 242 Å². The number of nitrogens with zero attached hydrogens (tertiary/aromatic N) is 8. The topological polar surface area (TPSA) is 104 Å². The number of fused-ring (bicyclic) bond motifs is 9. The molecule has 81 heavy (non-hydrogen) atoms. The Kier molecular flexibility index (Phi) is 13.8. The standard InChI is InChI=1S/C72H73N9/c1-13-41(4)50-25-19-28-53(37-50)59-34-47(10)68-62(75-59)56-31-16-22-44(7)65(56)79(68)40-74-72(81-67-46(9)24-18-33-58(67)64-70(81)49(12)36-61(77-64)55-30-21-27-52(39-55)43(6)15-3)78-71(73)80-66-45(8)23-17-32-57(66)63-69(80)48(11)35-60(76-63)54-29-20-26-51(38-54)42(5)14-2/h16-39,41-43H,13-15,40H2,1-12H3,(H2,73,74,78). The highest BCUT2D eigenvalue weighted by atomic mass is 15.3. The van der Waals surface area contributed by atoms with Crippen molar-refractivity contribution in [3.8, 4) is 33.8 Å². The third-order valence-electron chi connectivity index (χ3n) is 17.6. The van der Waals surface area contributed by atoms with Crippen LogP contribution in [0.4, 0.5) is 0 Å². The molecule has 6 heterocycles. The maximum atomic E-state index is 7.70. The van der Waals surface area contributed by atoms with Crippen molar-refractivity contribution in [2.45, 2.75) is 127 Å². The molecule has 0 amide bonds. The lowest BCUT2D eigenvalue weighted by Gasteiger charge is -2.15. The van der Waals surface area contributed by atoms with Crippen molar-refractivity contribution in [1.29, 1.82) is 0 Å². The number of nitrogens with two attached hydrogens (primary N) is 1. The fourth-order valence-corrected chi connectivity index (χ4v) is 12.5. The predicted octanol–water partition coefficient (Wildman–Crippen LogP) is 18.3. The maximum absolute atomic E-state index is 7.70. The molecule has 406 valence electrons. The molecule has 0 fully saturated rings. The van der Waals surface area contributed by atoms with Gasteiger partial charge in [-0.15, -0.1) is 0 Å². The number of rotatable bonds is 11. The molecule has 12 aromatic rings. The molecule has 0 saturated heterocycles. The monoisotopic (exact) mass is 1060 g/mol. The van der Waals surface area contributed by atoms with E-state index in [0.29, 0.717) is 23.7 Å². The summed E-state index contributed by atoms with van der Waals surface area (Å²) in [5.74, 6) is 2.04. The number of hydrogen-bond donors (Lipinski definition) is 1. The molecular weight excluding hydrogens is 991 g/mol. The number of aromatic nitrogens is 6. The molecule has 9 nitrogen and oxygen atoms in total. The van der Waals surface area contributed by atoms with Crippen LogP contribution in [0.1, 0.15) is 129 Å². The molecule has 3 unspecified atom stereocenters. The van der Waals surface area contributed by atoms with Gasteiger partial charge in [0.1, 0.15) is 6.67 Å². The third-order valence-corrected chi connectivity index (χ3v) is 17.6. The summed E-state index contributed by atoms with van der Waals surface area (Å²) in [6, 6.07) is 52.6. The van der Waals surface area contributed by atoms with E-state index in [4.69, 9.17) is 30.7 Å². The van der Waals surface area contributed by atoms with Gasteiger partial charge in [0.15, 0.2) is 0 Å². The van der Waals surface area contributed by atoms with E-state index in [-0.39, 0.29) is 12.6 Å². The van der Waals surface area contributed by atoms with Crippen molar-refractivity contribution >= 4 is 77.7 Å². The first-order valence-corrected chi connectivity index (χ1v) is 29.1. The summed E-state index contributed by atoms with van der Waals surface area (Å²) in [4.78, 5) is 28.0. The lowest BCUT2D eigenvalue weighted by Crippen LogP contribution is -2.26. The van der Waals surface area contributed by atoms with E-state index in [1.807, 2.05) is 0 Å². The summed E-state index contributed by atoms with van der Waals surface area (Å²) in [6.45, 7) is 26.9. The molecule has 12 rings (SSSR count). The molecule has 0 aliphatic carbocycles. The molecule has 6 aromatic heterocycles. The highest BCUT2D eigenvalue weighted by Crippen LogP contribution is 2.40. The van der Waals surface area contributed by atoms with Crippen LogP contribution in [0.5, 0.6) is 0 Å². The fraction of sp³-hybridized carbons (Fsp3) is 0.264. The largest absolute Gasteiger partial charge is 0.369 e. The van der Waals surface area contributed by atoms with Gasteiger partial charge in [-0.1, -0.05) is 151 Å². The van der Waals surface area contributed by atoms with E-state index in [9.17, 15) is 0 Å². The van der Waals surface area contributed by atoms with Crippen molar-refractivity contribution in [2.24, 2.45) is 15.7 Å². The van der Waals surface area contributed by atoms with Crippen LogP contribution in [0.15, 0.2) is 156 Å². The van der Waals surface area contributed by atoms with E-state index in [0.717, 1.165) is 152 Å². The zero-order valence-corrected chi connectivity index (χ0v) is 49.1. The number of benzene rings is 6. The van der Waals surface area contributed by atoms with Crippen LogP contribution in [0.3, 0.4) is 0 Å². The molecule has 0 aliphatic rings. The average molecular weight is 1060 g/mol. The van der Waals surface area contributed by atoms with Gasteiger partial charge < -0.3 is 10.3 Å². The third kappa shape index (κ3) is 9.07. The molecule has 6 aromatic carbocycles. The normalized spacial score (nSPS) is 13.7. The summed E-state index contributed by atoms with van der Waals surface area (Å²) in [5.41, 5.74) is 32.8. The Bertz CT molecular complexity index is 4540. The first-order valence-electron chi connectivity index (χ1n) is 29.1. The molecule has 0 radical (unpaired) electrons. The van der Waals surface area contributed by atoms with Crippen LogP contribution in [-0.2, 0) is 6.67 Å². The zero-order chi connectivity index (χ0) is 56.5. The Balaban J connectivity index is 1.12. The highest BCUT2D eigenvalue weighted by Gasteiger charge is 2.25. The number of pyridine rings is 3. The van der Waals surface area contributed by atoms with Crippen molar-refractivity contribution in [1.82, 2.24) is 28.7 Å².